The zero-order valence-corrected chi connectivity index (χ0v) is 11.4. The van der Waals surface area contributed by atoms with Crippen molar-refractivity contribution in [3.05, 3.63) is 33.4 Å². The van der Waals surface area contributed by atoms with Gasteiger partial charge in [0.15, 0.2) is 0 Å². The average molecular weight is 330 g/mol. The predicted octanol–water partition coefficient (Wildman–Crippen LogP) is 1.73. The smallest absolute Gasteiger partial charge is 0.254 e. The van der Waals surface area contributed by atoms with Crippen LogP contribution in [-0.4, -0.2) is 36.5 Å². The summed E-state index contributed by atoms with van der Waals surface area (Å²) in [4.78, 5) is 14.2. The van der Waals surface area contributed by atoms with E-state index in [1.807, 2.05) is 29.2 Å². The summed E-state index contributed by atoms with van der Waals surface area (Å²) in [6.07, 6.45) is 0. The van der Waals surface area contributed by atoms with Crippen molar-refractivity contribution in [2.75, 3.05) is 19.6 Å². The Hall–Kier alpha value is -0.620. The molecule has 0 aromatic heterocycles. The zero-order chi connectivity index (χ0) is 11.5. The maximum Gasteiger partial charge on any atom is 0.254 e. The Morgan fingerprint density at radius 2 is 2.38 bits per heavy atom. The van der Waals surface area contributed by atoms with Gasteiger partial charge in [-0.15, -0.1) is 0 Å². The molecule has 0 saturated carbocycles. The van der Waals surface area contributed by atoms with E-state index in [0.717, 1.165) is 28.8 Å². The van der Waals surface area contributed by atoms with Crippen LogP contribution in [-0.2, 0) is 0 Å². The van der Waals surface area contributed by atoms with Crippen molar-refractivity contribution in [2.45, 2.75) is 13.0 Å². The molecular weight excluding hydrogens is 315 g/mol. The predicted molar refractivity (Wildman–Crippen MR) is 72.5 cm³/mol. The minimum absolute atomic E-state index is 0.146. The molecule has 4 heteroatoms. The molecule has 1 aliphatic rings. The summed E-state index contributed by atoms with van der Waals surface area (Å²) in [5.41, 5.74) is 0.792. The van der Waals surface area contributed by atoms with Gasteiger partial charge in [-0.3, -0.25) is 4.79 Å². The SMILES string of the molecule is C[C@@H]1CNCCN1C(=O)c1cccc(I)c1. The molecule has 1 fully saturated rings. The fraction of sp³-hybridized carbons (Fsp3) is 0.417. The normalized spacial score (nSPS) is 20.9. The van der Waals surface area contributed by atoms with Crippen molar-refractivity contribution in [3.8, 4) is 0 Å². The molecule has 0 aliphatic carbocycles. The van der Waals surface area contributed by atoms with Gasteiger partial charge in [-0.2, -0.15) is 0 Å². The van der Waals surface area contributed by atoms with Gasteiger partial charge in [0.05, 0.1) is 0 Å². The Morgan fingerprint density at radius 3 is 3.06 bits per heavy atom. The molecule has 0 unspecified atom stereocenters. The minimum Gasteiger partial charge on any atom is -0.333 e. The summed E-state index contributed by atoms with van der Waals surface area (Å²) in [6, 6.07) is 8.04. The van der Waals surface area contributed by atoms with Gasteiger partial charge in [-0.1, -0.05) is 6.07 Å². The summed E-state index contributed by atoms with van der Waals surface area (Å²) < 4.78 is 1.10. The maximum atomic E-state index is 12.3. The highest BCUT2D eigenvalue weighted by atomic mass is 127. The number of amides is 1. The molecule has 16 heavy (non-hydrogen) atoms. The molecule has 1 aromatic carbocycles. The first-order valence-electron chi connectivity index (χ1n) is 5.46. The number of piperazine rings is 1. The quantitative estimate of drug-likeness (QED) is 0.796. The number of carbonyl (C=O) groups is 1. The number of carbonyl (C=O) groups excluding carboxylic acids is 1. The summed E-state index contributed by atoms with van der Waals surface area (Å²) >= 11 is 2.23. The molecule has 1 heterocycles. The highest BCUT2D eigenvalue weighted by Gasteiger charge is 2.23. The van der Waals surface area contributed by atoms with E-state index in [0.29, 0.717) is 0 Å². The van der Waals surface area contributed by atoms with Gasteiger partial charge in [0.2, 0.25) is 0 Å². The standard InChI is InChI=1S/C12H15IN2O/c1-9-8-14-5-6-15(9)12(16)10-3-2-4-11(13)7-10/h2-4,7,9,14H,5-6,8H2,1H3/t9-/m1/s1. The first-order chi connectivity index (χ1) is 7.68. The number of rotatable bonds is 1. The summed E-state index contributed by atoms with van der Waals surface area (Å²) in [6.45, 7) is 4.65. The Morgan fingerprint density at radius 1 is 1.56 bits per heavy atom. The molecule has 1 aromatic rings. The molecule has 86 valence electrons. The van der Waals surface area contributed by atoms with Crippen molar-refractivity contribution in [1.82, 2.24) is 10.2 Å². The van der Waals surface area contributed by atoms with Gasteiger partial charge in [0, 0.05) is 34.8 Å². The number of benzene rings is 1. The van der Waals surface area contributed by atoms with Gasteiger partial charge in [-0.25, -0.2) is 0 Å². The van der Waals surface area contributed by atoms with E-state index in [4.69, 9.17) is 0 Å². The fourth-order valence-corrected chi connectivity index (χ4v) is 2.47. The van der Waals surface area contributed by atoms with Crippen LogP contribution in [0.4, 0.5) is 0 Å². The largest absolute Gasteiger partial charge is 0.333 e. The topological polar surface area (TPSA) is 32.3 Å². The van der Waals surface area contributed by atoms with Gasteiger partial charge in [0.1, 0.15) is 0 Å². The summed E-state index contributed by atoms with van der Waals surface area (Å²) in [7, 11) is 0. The zero-order valence-electron chi connectivity index (χ0n) is 9.24. The second-order valence-corrected chi connectivity index (χ2v) is 5.31. The van der Waals surface area contributed by atoms with Crippen molar-refractivity contribution in [2.24, 2.45) is 0 Å². The molecule has 2 rings (SSSR count). The second-order valence-electron chi connectivity index (χ2n) is 4.06. The Balaban J connectivity index is 2.17. The molecule has 0 radical (unpaired) electrons. The van der Waals surface area contributed by atoms with E-state index in [1.54, 1.807) is 0 Å². The molecule has 0 bridgehead atoms. The fourth-order valence-electron chi connectivity index (χ4n) is 1.93. The van der Waals surface area contributed by atoms with E-state index < -0.39 is 0 Å². The second kappa shape index (κ2) is 5.14. The summed E-state index contributed by atoms with van der Waals surface area (Å²) in [5.74, 6) is 0.146. The van der Waals surface area contributed by atoms with Gasteiger partial charge in [0.25, 0.3) is 5.91 Å². The monoisotopic (exact) mass is 330 g/mol. The minimum atomic E-state index is 0.146. The van der Waals surface area contributed by atoms with Crippen LogP contribution < -0.4 is 5.32 Å². The molecule has 1 aliphatic heterocycles. The third kappa shape index (κ3) is 2.55. The van der Waals surface area contributed by atoms with Crippen LogP contribution >= 0.6 is 22.6 Å². The van der Waals surface area contributed by atoms with Crippen molar-refractivity contribution in [3.63, 3.8) is 0 Å². The van der Waals surface area contributed by atoms with E-state index in [-0.39, 0.29) is 11.9 Å². The van der Waals surface area contributed by atoms with Crippen LogP contribution in [0, 0.1) is 3.57 Å². The number of hydrogen-bond acceptors (Lipinski definition) is 2. The van der Waals surface area contributed by atoms with E-state index in [2.05, 4.69) is 34.8 Å². The number of nitrogens with one attached hydrogen (secondary N) is 1. The lowest BCUT2D eigenvalue weighted by Gasteiger charge is -2.34. The van der Waals surface area contributed by atoms with Gasteiger partial charge in [-0.05, 0) is 47.7 Å². The highest BCUT2D eigenvalue weighted by Crippen LogP contribution is 2.13. The Labute approximate surface area is 109 Å². The first kappa shape index (κ1) is 11.9. The lowest BCUT2D eigenvalue weighted by Crippen LogP contribution is -2.52. The Bertz CT molecular complexity index is 394. The van der Waals surface area contributed by atoms with Crippen molar-refractivity contribution < 1.29 is 4.79 Å². The first-order valence-corrected chi connectivity index (χ1v) is 6.53. The third-order valence-electron chi connectivity index (χ3n) is 2.83. The van der Waals surface area contributed by atoms with Crippen LogP contribution in [0.25, 0.3) is 0 Å². The van der Waals surface area contributed by atoms with Crippen LogP contribution in [0.2, 0.25) is 0 Å². The van der Waals surface area contributed by atoms with Gasteiger partial charge >= 0.3 is 0 Å². The van der Waals surface area contributed by atoms with Crippen LogP contribution in [0.3, 0.4) is 0 Å². The maximum absolute atomic E-state index is 12.3. The van der Waals surface area contributed by atoms with E-state index >= 15 is 0 Å². The van der Waals surface area contributed by atoms with Crippen molar-refractivity contribution >= 4 is 28.5 Å². The lowest BCUT2D eigenvalue weighted by atomic mass is 10.1. The van der Waals surface area contributed by atoms with Gasteiger partial charge < -0.3 is 10.2 Å². The van der Waals surface area contributed by atoms with Crippen LogP contribution in [0.5, 0.6) is 0 Å². The molecular formula is C12H15IN2O. The molecule has 0 spiro atoms. The average Bonchev–Trinajstić information content (AvgIpc) is 2.29. The number of hydrogen-bond donors (Lipinski definition) is 1. The molecule has 3 nitrogen and oxygen atoms in total. The van der Waals surface area contributed by atoms with Crippen molar-refractivity contribution in [1.29, 1.82) is 0 Å². The highest BCUT2D eigenvalue weighted by molar-refractivity contribution is 14.1. The lowest BCUT2D eigenvalue weighted by molar-refractivity contribution is 0.0655. The van der Waals surface area contributed by atoms with Crippen LogP contribution in [0.15, 0.2) is 24.3 Å². The third-order valence-corrected chi connectivity index (χ3v) is 3.50. The molecule has 1 amide bonds. The molecule has 1 N–H and O–H groups in total. The molecule has 1 saturated heterocycles. The van der Waals surface area contributed by atoms with E-state index in [1.165, 1.54) is 0 Å². The number of nitrogens with zero attached hydrogens (tertiary/aromatic N) is 1. The number of halogens is 1. The Kier molecular flexibility index (Phi) is 3.81. The van der Waals surface area contributed by atoms with E-state index in [9.17, 15) is 4.79 Å². The molecule has 1 atom stereocenters. The summed E-state index contributed by atoms with van der Waals surface area (Å²) in [5, 5.41) is 3.29. The van der Waals surface area contributed by atoms with Crippen LogP contribution in [0.1, 0.15) is 17.3 Å².